The number of rotatable bonds is 7. The Balaban J connectivity index is 2.46. The van der Waals surface area contributed by atoms with Crippen LogP contribution in [-0.4, -0.2) is 25.3 Å². The maximum atomic E-state index is 6.09. The summed E-state index contributed by atoms with van der Waals surface area (Å²) in [5.41, 5.74) is 7.22. The van der Waals surface area contributed by atoms with Crippen LogP contribution < -0.4 is 5.73 Å². The summed E-state index contributed by atoms with van der Waals surface area (Å²) in [5.74, 6) is 0. The van der Waals surface area contributed by atoms with Crippen LogP contribution in [0.2, 0.25) is 5.02 Å². The molecule has 0 saturated carbocycles. The molecule has 2 N–H and O–H groups in total. The first-order valence-corrected chi connectivity index (χ1v) is 6.08. The highest BCUT2D eigenvalue weighted by Crippen LogP contribution is 2.18. The second kappa shape index (κ2) is 7.61. The summed E-state index contributed by atoms with van der Waals surface area (Å²) in [6, 6.07) is 5.49. The van der Waals surface area contributed by atoms with Crippen molar-refractivity contribution < 1.29 is 9.47 Å². The summed E-state index contributed by atoms with van der Waals surface area (Å²) in [6.07, 6.45) is 0.874. The lowest BCUT2D eigenvalue weighted by molar-refractivity contribution is 0.0929. The Kier molecular flexibility index (Phi) is 6.44. The Hall–Kier alpha value is -0.680. The zero-order chi connectivity index (χ0) is 12.7. The molecule has 0 spiro atoms. The van der Waals surface area contributed by atoms with Gasteiger partial charge in [0.1, 0.15) is 4.99 Å². The minimum atomic E-state index is 0.347. The first-order chi connectivity index (χ1) is 8.15. The summed E-state index contributed by atoms with van der Waals surface area (Å²) in [5, 5.41) is 0.627. The Morgan fingerprint density at radius 2 is 2.18 bits per heavy atom. The Morgan fingerprint density at radius 1 is 1.41 bits per heavy atom. The van der Waals surface area contributed by atoms with Crippen molar-refractivity contribution in [2.24, 2.45) is 5.73 Å². The molecule has 0 radical (unpaired) electrons. The van der Waals surface area contributed by atoms with Gasteiger partial charge in [-0.25, -0.2) is 0 Å². The van der Waals surface area contributed by atoms with Gasteiger partial charge in [0.25, 0.3) is 0 Å². The molecule has 0 heterocycles. The predicted octanol–water partition coefficient (Wildman–Crippen LogP) is 2.53. The second-order valence-electron chi connectivity index (χ2n) is 3.57. The van der Waals surface area contributed by atoms with Crippen LogP contribution >= 0.6 is 23.8 Å². The van der Waals surface area contributed by atoms with E-state index in [1.807, 2.05) is 12.1 Å². The number of nitrogens with two attached hydrogens (primary N) is 1. The van der Waals surface area contributed by atoms with Crippen molar-refractivity contribution in [2.45, 2.75) is 13.0 Å². The SMILES string of the molecule is COCCCOCc1ccc(C(N)=S)cc1Cl. The zero-order valence-corrected chi connectivity index (χ0v) is 11.3. The summed E-state index contributed by atoms with van der Waals surface area (Å²) in [6.45, 7) is 1.84. The van der Waals surface area contributed by atoms with E-state index >= 15 is 0 Å². The maximum Gasteiger partial charge on any atom is 0.104 e. The summed E-state index contributed by atoms with van der Waals surface area (Å²) in [4.78, 5) is 0.347. The molecule has 1 rings (SSSR count). The van der Waals surface area contributed by atoms with Gasteiger partial charge in [0.05, 0.1) is 6.61 Å². The van der Waals surface area contributed by atoms with Crippen LogP contribution in [0, 0.1) is 0 Å². The highest BCUT2D eigenvalue weighted by atomic mass is 35.5. The Bertz CT molecular complexity index is 385. The van der Waals surface area contributed by atoms with E-state index < -0.39 is 0 Å². The molecule has 0 saturated heterocycles. The number of methoxy groups -OCH3 is 1. The van der Waals surface area contributed by atoms with Crippen molar-refractivity contribution >= 4 is 28.8 Å². The molecule has 0 aliphatic rings. The quantitative estimate of drug-likeness (QED) is 0.612. The van der Waals surface area contributed by atoms with Crippen molar-refractivity contribution in [1.82, 2.24) is 0 Å². The molecule has 0 amide bonds. The van der Waals surface area contributed by atoms with Crippen molar-refractivity contribution in [1.29, 1.82) is 0 Å². The third kappa shape index (κ3) is 5.00. The fraction of sp³-hybridized carbons (Fsp3) is 0.417. The van der Waals surface area contributed by atoms with E-state index in [4.69, 9.17) is 39.0 Å². The van der Waals surface area contributed by atoms with E-state index in [1.165, 1.54) is 0 Å². The van der Waals surface area contributed by atoms with Gasteiger partial charge in [-0.3, -0.25) is 0 Å². The van der Waals surface area contributed by atoms with Gasteiger partial charge >= 0.3 is 0 Å². The predicted molar refractivity (Wildman–Crippen MR) is 73.5 cm³/mol. The lowest BCUT2D eigenvalue weighted by Gasteiger charge is -2.07. The first kappa shape index (κ1) is 14.4. The number of halogens is 1. The van der Waals surface area contributed by atoms with Crippen LogP contribution in [0.25, 0.3) is 0 Å². The van der Waals surface area contributed by atoms with Gasteiger partial charge in [-0.2, -0.15) is 0 Å². The van der Waals surface area contributed by atoms with Gasteiger partial charge in [-0.15, -0.1) is 0 Å². The van der Waals surface area contributed by atoms with Crippen molar-refractivity contribution in [2.75, 3.05) is 20.3 Å². The van der Waals surface area contributed by atoms with Gasteiger partial charge < -0.3 is 15.2 Å². The first-order valence-electron chi connectivity index (χ1n) is 5.30. The van der Waals surface area contributed by atoms with Crippen LogP contribution in [0.5, 0.6) is 0 Å². The highest BCUT2D eigenvalue weighted by Gasteiger charge is 2.03. The van der Waals surface area contributed by atoms with Gasteiger partial charge in [-0.05, 0) is 18.1 Å². The number of ether oxygens (including phenoxy) is 2. The molecule has 1 aromatic carbocycles. The van der Waals surface area contributed by atoms with Gasteiger partial charge in [0.15, 0.2) is 0 Å². The highest BCUT2D eigenvalue weighted by molar-refractivity contribution is 7.80. The maximum absolute atomic E-state index is 6.09. The molecular weight excluding hydrogens is 258 g/mol. The third-order valence-corrected chi connectivity index (χ3v) is 2.82. The molecule has 3 nitrogen and oxygen atoms in total. The largest absolute Gasteiger partial charge is 0.389 e. The van der Waals surface area contributed by atoms with Gasteiger partial charge in [-0.1, -0.05) is 36.0 Å². The molecule has 0 unspecified atom stereocenters. The van der Waals surface area contributed by atoms with Crippen molar-refractivity contribution in [3.8, 4) is 0 Å². The smallest absolute Gasteiger partial charge is 0.104 e. The average molecular weight is 274 g/mol. The standard InChI is InChI=1S/C12H16ClNO2S/c1-15-5-2-6-16-8-10-4-3-9(12(14)17)7-11(10)13/h3-4,7H,2,5-6,8H2,1H3,(H2,14,17). The minimum Gasteiger partial charge on any atom is -0.389 e. The fourth-order valence-electron chi connectivity index (χ4n) is 1.31. The number of benzene rings is 1. The number of thiocarbonyl (C=S) groups is 1. The van der Waals surface area contributed by atoms with E-state index in [0.717, 1.165) is 17.5 Å². The van der Waals surface area contributed by atoms with Crippen molar-refractivity contribution in [3.05, 3.63) is 34.3 Å². The Labute approximate surface area is 112 Å². The van der Waals surface area contributed by atoms with Crippen LogP contribution in [0.3, 0.4) is 0 Å². The minimum absolute atomic E-state index is 0.347. The lowest BCUT2D eigenvalue weighted by atomic mass is 10.1. The molecule has 5 heteroatoms. The molecule has 0 aliphatic heterocycles. The normalized spacial score (nSPS) is 10.5. The number of hydrogen-bond donors (Lipinski definition) is 1. The third-order valence-electron chi connectivity index (χ3n) is 2.23. The molecular formula is C12H16ClNO2S. The van der Waals surface area contributed by atoms with E-state index in [0.29, 0.717) is 29.8 Å². The second-order valence-corrected chi connectivity index (χ2v) is 4.42. The van der Waals surface area contributed by atoms with Gasteiger partial charge in [0, 0.05) is 30.9 Å². The van der Waals surface area contributed by atoms with E-state index in [1.54, 1.807) is 13.2 Å². The van der Waals surface area contributed by atoms with Crippen molar-refractivity contribution in [3.63, 3.8) is 0 Å². The monoisotopic (exact) mass is 273 g/mol. The average Bonchev–Trinajstić information content (AvgIpc) is 2.30. The molecule has 0 fully saturated rings. The van der Waals surface area contributed by atoms with Crippen LogP contribution in [0.15, 0.2) is 18.2 Å². The number of hydrogen-bond acceptors (Lipinski definition) is 3. The summed E-state index contributed by atoms with van der Waals surface area (Å²) >= 11 is 11.0. The molecule has 0 aromatic heterocycles. The Morgan fingerprint density at radius 3 is 2.76 bits per heavy atom. The molecule has 0 atom stereocenters. The molecule has 1 aromatic rings. The topological polar surface area (TPSA) is 44.5 Å². The molecule has 0 aliphatic carbocycles. The lowest BCUT2D eigenvalue weighted by Crippen LogP contribution is -2.09. The van der Waals surface area contributed by atoms with Crippen LogP contribution in [0.1, 0.15) is 17.5 Å². The summed E-state index contributed by atoms with van der Waals surface area (Å²) in [7, 11) is 1.67. The van der Waals surface area contributed by atoms with Gasteiger partial charge in [0.2, 0.25) is 0 Å². The van der Waals surface area contributed by atoms with Crippen LogP contribution in [-0.2, 0) is 16.1 Å². The zero-order valence-electron chi connectivity index (χ0n) is 9.74. The van der Waals surface area contributed by atoms with Crippen LogP contribution in [0.4, 0.5) is 0 Å². The van der Waals surface area contributed by atoms with E-state index in [2.05, 4.69) is 0 Å². The van der Waals surface area contributed by atoms with E-state index in [-0.39, 0.29) is 0 Å². The molecule has 17 heavy (non-hydrogen) atoms. The van der Waals surface area contributed by atoms with E-state index in [9.17, 15) is 0 Å². The summed E-state index contributed by atoms with van der Waals surface area (Å²) < 4.78 is 10.4. The molecule has 94 valence electrons. The fourth-order valence-corrected chi connectivity index (χ4v) is 1.67. The molecule has 0 bridgehead atoms.